The van der Waals surface area contributed by atoms with Crippen LogP contribution in [-0.2, 0) is 21.0 Å². The van der Waals surface area contributed by atoms with Gasteiger partial charge in [0.1, 0.15) is 0 Å². The lowest BCUT2D eigenvalue weighted by atomic mass is 9.84. The van der Waals surface area contributed by atoms with E-state index in [-0.39, 0.29) is 5.41 Å². The van der Waals surface area contributed by atoms with Crippen LogP contribution in [-0.4, -0.2) is 32.1 Å². The average Bonchev–Trinajstić information content (AvgIpc) is 2.37. The van der Waals surface area contributed by atoms with Crippen molar-refractivity contribution < 1.29 is 14.4 Å². The van der Waals surface area contributed by atoms with Gasteiger partial charge < -0.3 is 4.74 Å². The number of ether oxygens (including phenoxy) is 1. The monoisotopic (exact) mass is 265 g/mol. The molecule has 0 unspecified atom stereocenters. The normalized spacial score (nSPS) is 17.5. The molecule has 106 valence electrons. The molecule has 1 aromatic rings. The first kappa shape index (κ1) is 14.5. The number of hydroxylamine groups is 2. The Morgan fingerprint density at radius 3 is 2.42 bits per heavy atom. The minimum atomic E-state index is 0.182. The van der Waals surface area contributed by atoms with Crippen LogP contribution >= 0.6 is 0 Å². The molecule has 1 saturated heterocycles. The maximum absolute atomic E-state index is 5.62. The predicted molar refractivity (Wildman–Crippen MR) is 73.2 cm³/mol. The molecule has 1 fully saturated rings. The van der Waals surface area contributed by atoms with Crippen LogP contribution in [0.25, 0.3) is 0 Å². The number of benzene rings is 1. The molecule has 0 spiro atoms. The van der Waals surface area contributed by atoms with Crippen LogP contribution in [0.2, 0.25) is 0 Å². The van der Waals surface area contributed by atoms with E-state index < -0.39 is 0 Å². The third-order valence-electron chi connectivity index (χ3n) is 3.65. The number of hydrogen-bond acceptors (Lipinski definition) is 4. The highest BCUT2D eigenvalue weighted by molar-refractivity contribution is 5.20. The summed E-state index contributed by atoms with van der Waals surface area (Å²) in [6.07, 6.45) is 1.07. The fraction of sp³-hybridized carbons (Fsp3) is 0.600. The van der Waals surface area contributed by atoms with Gasteiger partial charge in [0.25, 0.3) is 0 Å². The van der Waals surface area contributed by atoms with Gasteiger partial charge in [0.2, 0.25) is 0 Å². The highest BCUT2D eigenvalue weighted by Crippen LogP contribution is 2.31. The van der Waals surface area contributed by atoms with Gasteiger partial charge >= 0.3 is 0 Å². The minimum Gasteiger partial charge on any atom is -0.380 e. The number of rotatable bonds is 7. The van der Waals surface area contributed by atoms with Crippen molar-refractivity contribution in [2.24, 2.45) is 5.41 Å². The lowest BCUT2D eigenvalue weighted by molar-refractivity contribution is -0.376. The summed E-state index contributed by atoms with van der Waals surface area (Å²) in [6, 6.07) is 8.29. The smallest absolute Gasteiger partial charge is 0.0962 e. The zero-order valence-electron chi connectivity index (χ0n) is 12.0. The molecular weight excluding hydrogens is 242 g/mol. The molecule has 19 heavy (non-hydrogen) atoms. The third kappa shape index (κ3) is 4.01. The van der Waals surface area contributed by atoms with E-state index >= 15 is 0 Å². The number of aryl methyl sites for hydroxylation is 1. The Bertz CT molecular complexity index is 381. The Morgan fingerprint density at radius 2 is 1.89 bits per heavy atom. The Balaban J connectivity index is 1.69. The van der Waals surface area contributed by atoms with E-state index in [9.17, 15) is 0 Å². The molecular formula is C15H23NO3. The van der Waals surface area contributed by atoms with Gasteiger partial charge in [-0.3, -0.25) is 9.68 Å². The number of nitrogens with zero attached hydrogens (tertiary/aromatic N) is 1. The van der Waals surface area contributed by atoms with Crippen molar-refractivity contribution in [3.63, 3.8) is 0 Å². The fourth-order valence-corrected chi connectivity index (χ4v) is 1.90. The van der Waals surface area contributed by atoms with Crippen LogP contribution in [0.15, 0.2) is 24.3 Å². The fourth-order valence-electron chi connectivity index (χ4n) is 1.90. The lowest BCUT2D eigenvalue weighted by Crippen LogP contribution is -2.47. The van der Waals surface area contributed by atoms with E-state index in [4.69, 9.17) is 14.4 Å². The van der Waals surface area contributed by atoms with Crippen molar-refractivity contribution in [1.82, 2.24) is 5.23 Å². The Kier molecular flexibility index (Phi) is 4.93. The third-order valence-corrected chi connectivity index (χ3v) is 3.65. The molecule has 4 heteroatoms. The van der Waals surface area contributed by atoms with Gasteiger partial charge in [-0.2, -0.15) is 0 Å². The highest BCUT2D eigenvalue weighted by Gasteiger charge is 2.37. The molecule has 0 aliphatic carbocycles. The molecule has 0 aromatic heterocycles. The predicted octanol–water partition coefficient (Wildman–Crippen LogP) is 2.72. The second-order valence-corrected chi connectivity index (χ2v) is 5.32. The Labute approximate surface area is 115 Å². The van der Waals surface area contributed by atoms with Gasteiger partial charge in [-0.15, -0.1) is 0 Å². The van der Waals surface area contributed by atoms with E-state index in [0.29, 0.717) is 13.2 Å². The summed E-state index contributed by atoms with van der Waals surface area (Å²) < 4.78 is 5.26. The van der Waals surface area contributed by atoms with Gasteiger partial charge in [0, 0.05) is 12.5 Å². The summed E-state index contributed by atoms with van der Waals surface area (Å²) in [5.74, 6) is 0. The quantitative estimate of drug-likeness (QED) is 0.709. The van der Waals surface area contributed by atoms with Crippen molar-refractivity contribution >= 4 is 0 Å². The SMILES string of the molecule is CCC1(CON(C)OCc2ccc(C)cc2)COC1. The molecule has 0 radical (unpaired) electrons. The summed E-state index contributed by atoms with van der Waals surface area (Å²) in [6.45, 7) is 6.98. The molecule has 1 heterocycles. The first-order valence-corrected chi connectivity index (χ1v) is 6.76. The Hall–Kier alpha value is -0.940. The summed E-state index contributed by atoms with van der Waals surface area (Å²) in [5, 5.41) is 1.45. The molecule has 1 aromatic carbocycles. The highest BCUT2D eigenvalue weighted by atomic mass is 16.9. The molecule has 0 saturated carbocycles. The largest absolute Gasteiger partial charge is 0.380 e. The van der Waals surface area contributed by atoms with Crippen LogP contribution in [0, 0.1) is 12.3 Å². The van der Waals surface area contributed by atoms with Crippen molar-refractivity contribution in [2.75, 3.05) is 26.9 Å². The topological polar surface area (TPSA) is 30.9 Å². The zero-order valence-corrected chi connectivity index (χ0v) is 12.0. The maximum atomic E-state index is 5.62. The molecule has 0 bridgehead atoms. The van der Waals surface area contributed by atoms with Gasteiger partial charge in [-0.1, -0.05) is 42.0 Å². The number of hydrogen-bond donors (Lipinski definition) is 0. The van der Waals surface area contributed by atoms with Crippen LogP contribution < -0.4 is 0 Å². The van der Waals surface area contributed by atoms with Crippen LogP contribution in [0.1, 0.15) is 24.5 Å². The average molecular weight is 265 g/mol. The lowest BCUT2D eigenvalue weighted by Gasteiger charge is -2.40. The summed E-state index contributed by atoms with van der Waals surface area (Å²) in [4.78, 5) is 11.2. The van der Waals surface area contributed by atoms with Crippen molar-refractivity contribution in [1.29, 1.82) is 0 Å². The van der Waals surface area contributed by atoms with Crippen molar-refractivity contribution in [3.8, 4) is 0 Å². The summed E-state index contributed by atoms with van der Waals surface area (Å²) in [7, 11) is 1.79. The first-order valence-electron chi connectivity index (χ1n) is 6.76. The molecule has 2 rings (SSSR count). The van der Waals surface area contributed by atoms with E-state index in [1.807, 2.05) is 0 Å². The Morgan fingerprint density at radius 1 is 1.21 bits per heavy atom. The van der Waals surface area contributed by atoms with E-state index in [1.54, 1.807) is 7.05 Å². The van der Waals surface area contributed by atoms with Gasteiger partial charge in [0.05, 0.1) is 26.4 Å². The van der Waals surface area contributed by atoms with E-state index in [0.717, 1.165) is 25.2 Å². The van der Waals surface area contributed by atoms with Gasteiger partial charge in [-0.05, 0) is 18.9 Å². The first-order chi connectivity index (χ1) is 9.13. The van der Waals surface area contributed by atoms with Crippen molar-refractivity contribution in [2.45, 2.75) is 26.9 Å². The molecule has 0 N–H and O–H groups in total. The summed E-state index contributed by atoms with van der Waals surface area (Å²) >= 11 is 0. The van der Waals surface area contributed by atoms with Gasteiger partial charge in [0.15, 0.2) is 0 Å². The van der Waals surface area contributed by atoms with Crippen LogP contribution in [0.4, 0.5) is 0 Å². The molecule has 0 amide bonds. The van der Waals surface area contributed by atoms with Gasteiger partial charge in [-0.25, -0.2) is 0 Å². The zero-order chi connectivity index (χ0) is 13.7. The van der Waals surface area contributed by atoms with Crippen LogP contribution in [0.5, 0.6) is 0 Å². The summed E-state index contributed by atoms with van der Waals surface area (Å²) in [5.41, 5.74) is 2.57. The molecule has 1 aliphatic rings. The van der Waals surface area contributed by atoms with Crippen molar-refractivity contribution in [3.05, 3.63) is 35.4 Å². The molecule has 0 atom stereocenters. The van der Waals surface area contributed by atoms with E-state index in [2.05, 4.69) is 38.1 Å². The molecule has 1 aliphatic heterocycles. The van der Waals surface area contributed by atoms with E-state index in [1.165, 1.54) is 10.8 Å². The second kappa shape index (κ2) is 6.48. The second-order valence-electron chi connectivity index (χ2n) is 5.32. The maximum Gasteiger partial charge on any atom is 0.0962 e. The standard InChI is InChI=1S/C15H23NO3/c1-4-15(10-17-11-15)12-19-16(3)18-9-14-7-5-13(2)6-8-14/h5-8H,4,9-12H2,1-3H3. The molecule has 4 nitrogen and oxygen atoms in total. The van der Waals surface area contributed by atoms with Crippen LogP contribution in [0.3, 0.4) is 0 Å². The minimum absolute atomic E-state index is 0.182.